The molecule has 7 heteroatoms. The molecule has 0 spiro atoms. The zero-order valence-electron chi connectivity index (χ0n) is 16.0. The third-order valence-corrected chi connectivity index (χ3v) is 5.38. The van der Waals surface area contributed by atoms with Gasteiger partial charge in [0.25, 0.3) is 5.91 Å². The number of amides is 1. The molecule has 1 N–H and O–H groups in total. The molecule has 0 bridgehead atoms. The van der Waals surface area contributed by atoms with Gasteiger partial charge in [0.2, 0.25) is 5.88 Å². The summed E-state index contributed by atoms with van der Waals surface area (Å²) in [5.74, 6) is 0.300. The summed E-state index contributed by atoms with van der Waals surface area (Å²) in [6.45, 7) is 3.78. The van der Waals surface area contributed by atoms with Gasteiger partial charge in [-0.3, -0.25) is 14.7 Å². The maximum absolute atomic E-state index is 12.9. The number of benzene rings is 1. The maximum atomic E-state index is 12.9. The highest BCUT2D eigenvalue weighted by Gasteiger charge is 2.25. The van der Waals surface area contributed by atoms with Crippen molar-refractivity contribution in [3.63, 3.8) is 0 Å². The van der Waals surface area contributed by atoms with Crippen LogP contribution in [0, 0.1) is 18.3 Å². The molecule has 0 aliphatic carbocycles. The van der Waals surface area contributed by atoms with Crippen molar-refractivity contribution < 1.29 is 9.21 Å². The van der Waals surface area contributed by atoms with Crippen molar-refractivity contribution in [2.75, 3.05) is 5.32 Å². The van der Waals surface area contributed by atoms with Crippen molar-refractivity contribution in [3.8, 4) is 23.2 Å². The van der Waals surface area contributed by atoms with Gasteiger partial charge in [-0.25, -0.2) is 4.98 Å². The summed E-state index contributed by atoms with van der Waals surface area (Å²) < 4.78 is 7.37. The summed E-state index contributed by atoms with van der Waals surface area (Å²) in [5, 5.41) is 14.8. The maximum Gasteiger partial charge on any atom is 0.262 e. The van der Waals surface area contributed by atoms with Crippen molar-refractivity contribution in [2.24, 2.45) is 0 Å². The molecule has 0 aliphatic rings. The van der Waals surface area contributed by atoms with Crippen LogP contribution in [0.3, 0.4) is 0 Å². The summed E-state index contributed by atoms with van der Waals surface area (Å²) >= 11 is 1.34. The number of thiazole rings is 1. The van der Waals surface area contributed by atoms with E-state index in [0.29, 0.717) is 16.8 Å². The van der Waals surface area contributed by atoms with Gasteiger partial charge in [0.15, 0.2) is 5.13 Å². The number of anilines is 1. The first-order valence-electron chi connectivity index (χ1n) is 9.13. The number of nitrogens with zero attached hydrogens (tertiary/aromatic N) is 3. The van der Waals surface area contributed by atoms with Gasteiger partial charge in [-0.05, 0) is 31.0 Å². The number of hydrogen-bond donors (Lipinski definition) is 1. The van der Waals surface area contributed by atoms with Gasteiger partial charge in [-0.2, -0.15) is 5.26 Å². The van der Waals surface area contributed by atoms with Crippen LogP contribution in [0.5, 0.6) is 0 Å². The molecule has 0 atom stereocenters. The third-order valence-electron chi connectivity index (χ3n) is 4.63. The number of aryl methyl sites for hydroxylation is 2. The molecular formula is C22H18N4O2S. The quantitative estimate of drug-likeness (QED) is 0.498. The Hall–Kier alpha value is -3.63. The molecule has 0 fully saturated rings. The van der Waals surface area contributed by atoms with Crippen LogP contribution in [0.15, 0.2) is 58.6 Å². The van der Waals surface area contributed by atoms with Crippen LogP contribution in [0.2, 0.25) is 0 Å². The van der Waals surface area contributed by atoms with E-state index >= 15 is 0 Å². The topological polar surface area (TPSA) is 83.9 Å². The zero-order valence-corrected chi connectivity index (χ0v) is 16.8. The first kappa shape index (κ1) is 18.7. The van der Waals surface area contributed by atoms with Gasteiger partial charge >= 0.3 is 0 Å². The lowest BCUT2D eigenvalue weighted by molar-refractivity contribution is 0.102. The molecule has 3 aromatic heterocycles. The van der Waals surface area contributed by atoms with Crippen molar-refractivity contribution >= 4 is 22.4 Å². The molecule has 0 radical (unpaired) electrons. The van der Waals surface area contributed by atoms with Crippen LogP contribution in [0.4, 0.5) is 5.13 Å². The number of rotatable bonds is 5. The second-order valence-corrected chi connectivity index (χ2v) is 7.32. The Morgan fingerprint density at radius 1 is 1.28 bits per heavy atom. The average Bonchev–Trinajstić information content (AvgIpc) is 3.47. The lowest BCUT2D eigenvalue weighted by Gasteiger charge is -2.01. The highest BCUT2D eigenvalue weighted by Crippen LogP contribution is 2.29. The van der Waals surface area contributed by atoms with E-state index in [-0.39, 0.29) is 11.1 Å². The van der Waals surface area contributed by atoms with Gasteiger partial charge in [-0.1, -0.05) is 31.2 Å². The van der Waals surface area contributed by atoms with Gasteiger partial charge < -0.3 is 4.42 Å². The Balaban J connectivity index is 1.59. The highest BCUT2D eigenvalue weighted by atomic mass is 32.1. The van der Waals surface area contributed by atoms with E-state index in [0.717, 1.165) is 17.7 Å². The molecule has 29 heavy (non-hydrogen) atoms. The Morgan fingerprint density at radius 3 is 2.66 bits per heavy atom. The Morgan fingerprint density at radius 2 is 2.00 bits per heavy atom. The van der Waals surface area contributed by atoms with Gasteiger partial charge in [-0.15, -0.1) is 11.3 Å². The number of hydrogen-bond acceptors (Lipinski definition) is 5. The van der Waals surface area contributed by atoms with E-state index in [1.54, 1.807) is 23.9 Å². The average molecular weight is 402 g/mol. The molecule has 0 aliphatic heterocycles. The van der Waals surface area contributed by atoms with Crippen molar-refractivity contribution in [3.05, 3.63) is 76.6 Å². The fourth-order valence-corrected chi connectivity index (χ4v) is 3.81. The first-order valence-corrected chi connectivity index (χ1v) is 10.0. The molecular weight excluding hydrogens is 384 g/mol. The zero-order chi connectivity index (χ0) is 20.4. The van der Waals surface area contributed by atoms with Gasteiger partial charge in [0.05, 0.1) is 5.69 Å². The molecule has 0 unspecified atom stereocenters. The molecule has 4 rings (SSSR count). The minimum absolute atomic E-state index is 0.197. The van der Waals surface area contributed by atoms with Crippen LogP contribution in [0.1, 0.15) is 34.2 Å². The van der Waals surface area contributed by atoms with Crippen molar-refractivity contribution in [1.29, 1.82) is 5.26 Å². The van der Waals surface area contributed by atoms with E-state index in [4.69, 9.17) is 4.42 Å². The first-order chi connectivity index (χ1) is 14.1. The Labute approximate surface area is 172 Å². The molecule has 1 aromatic carbocycles. The normalized spacial score (nSPS) is 10.7. The van der Waals surface area contributed by atoms with E-state index in [9.17, 15) is 10.1 Å². The molecule has 144 valence electrons. The Kier molecular flexibility index (Phi) is 5.02. The molecule has 0 saturated heterocycles. The fraction of sp³-hybridized carbons (Fsp3) is 0.136. The van der Waals surface area contributed by atoms with Crippen molar-refractivity contribution in [2.45, 2.75) is 20.3 Å². The van der Waals surface area contributed by atoms with Crippen molar-refractivity contribution in [1.82, 2.24) is 9.55 Å². The summed E-state index contributed by atoms with van der Waals surface area (Å²) in [7, 11) is 0. The lowest BCUT2D eigenvalue weighted by Crippen LogP contribution is -2.13. The summed E-state index contributed by atoms with van der Waals surface area (Å²) in [4.78, 5) is 17.4. The minimum Gasteiger partial charge on any atom is -0.443 e. The predicted octanol–water partition coefficient (Wildman–Crippen LogP) is 5.19. The lowest BCUT2D eigenvalue weighted by atomic mass is 10.1. The molecule has 4 aromatic rings. The molecule has 0 saturated carbocycles. The SMILES string of the molecule is CCc1ccc(-c2csc(NC(=O)c3c(C)oc(-n4cccc4)c3C#N)n2)cc1. The molecule has 1 amide bonds. The second kappa shape index (κ2) is 7.78. The van der Waals surface area contributed by atoms with E-state index in [2.05, 4.69) is 35.4 Å². The fourth-order valence-electron chi connectivity index (χ4n) is 3.09. The monoisotopic (exact) mass is 402 g/mol. The van der Waals surface area contributed by atoms with Gasteiger partial charge in [0, 0.05) is 23.3 Å². The summed E-state index contributed by atoms with van der Waals surface area (Å²) in [5.41, 5.74) is 3.47. The second-order valence-electron chi connectivity index (χ2n) is 6.46. The number of aromatic nitrogens is 2. The van der Waals surface area contributed by atoms with E-state index < -0.39 is 5.91 Å². The van der Waals surface area contributed by atoms with Crippen LogP contribution in [0.25, 0.3) is 17.1 Å². The van der Waals surface area contributed by atoms with Crippen LogP contribution in [-0.2, 0) is 6.42 Å². The van der Waals surface area contributed by atoms with E-state index in [1.807, 2.05) is 29.6 Å². The largest absolute Gasteiger partial charge is 0.443 e. The number of furan rings is 1. The minimum atomic E-state index is -0.413. The smallest absolute Gasteiger partial charge is 0.262 e. The number of carbonyl (C=O) groups excluding carboxylic acids is 1. The highest BCUT2D eigenvalue weighted by molar-refractivity contribution is 7.14. The standard InChI is InChI=1S/C22H18N4O2S/c1-3-15-6-8-16(9-7-15)18-13-29-22(24-18)25-20(27)19-14(2)28-21(17(19)12-23)26-10-4-5-11-26/h4-11,13H,3H2,1-2H3,(H,24,25,27). The predicted molar refractivity (Wildman–Crippen MR) is 112 cm³/mol. The molecule has 6 nitrogen and oxygen atoms in total. The third kappa shape index (κ3) is 3.58. The Bertz CT molecular complexity index is 1190. The number of nitrogens with one attached hydrogen (secondary N) is 1. The summed E-state index contributed by atoms with van der Waals surface area (Å²) in [6.07, 6.45) is 4.50. The number of carbonyl (C=O) groups is 1. The summed E-state index contributed by atoms with van der Waals surface area (Å²) in [6, 6.07) is 13.9. The van der Waals surface area contributed by atoms with Crippen LogP contribution >= 0.6 is 11.3 Å². The van der Waals surface area contributed by atoms with Crippen LogP contribution in [-0.4, -0.2) is 15.5 Å². The van der Waals surface area contributed by atoms with E-state index in [1.165, 1.54) is 16.9 Å². The number of nitriles is 1. The van der Waals surface area contributed by atoms with Crippen LogP contribution < -0.4 is 5.32 Å². The van der Waals surface area contributed by atoms with Gasteiger partial charge in [0.1, 0.15) is 23.0 Å². The molecule has 3 heterocycles.